The Kier molecular flexibility index (Phi) is 14.3. The van der Waals surface area contributed by atoms with Crippen LogP contribution in [0, 0.1) is 0 Å². The van der Waals surface area contributed by atoms with Gasteiger partial charge in [0.25, 0.3) is 0 Å². The number of rotatable bonds is 10. The van der Waals surface area contributed by atoms with Gasteiger partial charge in [-0.15, -0.1) is 4.67 Å². The largest absolute Gasteiger partial charge is 0.496 e. The highest BCUT2D eigenvalue weighted by Crippen LogP contribution is 2.35. The highest BCUT2D eigenvalue weighted by atomic mass is 31.2. The van der Waals surface area contributed by atoms with Gasteiger partial charge < -0.3 is 14.9 Å². The summed E-state index contributed by atoms with van der Waals surface area (Å²) in [6.45, 7) is 6.99. The van der Waals surface area contributed by atoms with Crippen molar-refractivity contribution in [2.45, 2.75) is 52.4 Å². The van der Waals surface area contributed by atoms with Gasteiger partial charge in [-0.25, -0.2) is 14.2 Å². The molecule has 8 heteroatoms. The fraction of sp³-hybridized carbons (Fsp3) is 0.750. The van der Waals surface area contributed by atoms with E-state index in [1.807, 2.05) is 0 Å². The lowest BCUT2D eigenvalue weighted by molar-refractivity contribution is -0.222. The molecule has 0 bridgehead atoms. The molecule has 0 saturated carbocycles. The van der Waals surface area contributed by atoms with Crippen molar-refractivity contribution in [1.82, 2.24) is 0 Å². The second-order valence-corrected chi connectivity index (χ2v) is 5.37. The van der Waals surface area contributed by atoms with Crippen molar-refractivity contribution in [2.75, 3.05) is 6.61 Å². The van der Waals surface area contributed by atoms with E-state index in [0.29, 0.717) is 0 Å². The second-order valence-electron chi connectivity index (χ2n) is 4.24. The van der Waals surface area contributed by atoms with Crippen molar-refractivity contribution < 1.29 is 33.8 Å². The summed E-state index contributed by atoms with van der Waals surface area (Å²) in [5, 5.41) is 7.89. The van der Waals surface area contributed by atoms with Gasteiger partial charge in [-0.1, -0.05) is 45.6 Å². The fourth-order valence-electron chi connectivity index (χ4n) is 1.05. The molecule has 0 aliphatic rings. The molecule has 3 N–H and O–H groups in total. The quantitative estimate of drug-likeness (QED) is 0.187. The number of hydrogen-bond acceptors (Lipinski definition) is 4. The second kappa shape index (κ2) is 13.3. The first-order valence-corrected chi connectivity index (χ1v) is 7.99. The Morgan fingerprint density at radius 2 is 1.60 bits per heavy atom. The molecule has 0 aromatic carbocycles. The summed E-state index contributed by atoms with van der Waals surface area (Å²) in [6, 6.07) is 0. The van der Waals surface area contributed by atoms with Crippen LogP contribution in [0.15, 0.2) is 12.2 Å². The van der Waals surface area contributed by atoms with Crippen LogP contribution in [0.3, 0.4) is 0 Å². The molecule has 0 spiro atoms. The van der Waals surface area contributed by atoms with Gasteiger partial charge >= 0.3 is 13.8 Å². The van der Waals surface area contributed by atoms with Crippen LogP contribution in [0.1, 0.15) is 52.4 Å². The van der Waals surface area contributed by atoms with Crippen LogP contribution in [0.4, 0.5) is 0 Å². The number of carboxylic acid groups (broad SMARTS) is 1. The predicted octanol–water partition coefficient (Wildman–Crippen LogP) is 3.03. The van der Waals surface area contributed by atoms with E-state index in [1.54, 1.807) is 0 Å². The zero-order valence-corrected chi connectivity index (χ0v) is 13.0. The predicted molar refractivity (Wildman–Crippen MR) is 74.9 cm³/mol. The molecule has 0 radical (unpaired) electrons. The molecule has 0 unspecified atom stereocenters. The van der Waals surface area contributed by atoms with Crippen molar-refractivity contribution in [3.05, 3.63) is 12.2 Å². The van der Waals surface area contributed by atoms with Crippen LogP contribution in [-0.4, -0.2) is 27.5 Å². The van der Waals surface area contributed by atoms with Crippen LogP contribution in [0.25, 0.3) is 0 Å². The van der Waals surface area contributed by atoms with Crippen LogP contribution in [0.5, 0.6) is 0 Å². The maximum absolute atomic E-state index is 10.2. The molecule has 7 nitrogen and oxygen atoms in total. The van der Waals surface area contributed by atoms with Gasteiger partial charge in [0.15, 0.2) is 0 Å². The maximum Gasteiger partial charge on any atom is 0.496 e. The Hall–Kier alpha value is -0.720. The van der Waals surface area contributed by atoms with Crippen molar-refractivity contribution in [3.63, 3.8) is 0 Å². The normalized spacial score (nSPS) is 10.6. The summed E-state index contributed by atoms with van der Waals surface area (Å²) in [7, 11) is -4.45. The summed E-state index contributed by atoms with van der Waals surface area (Å²) >= 11 is 0. The summed E-state index contributed by atoms with van der Waals surface area (Å²) in [4.78, 5) is 30.4. The van der Waals surface area contributed by atoms with Crippen molar-refractivity contribution in [2.24, 2.45) is 0 Å². The Bertz CT molecular complexity index is 299. The molecule has 0 aromatic rings. The van der Waals surface area contributed by atoms with Gasteiger partial charge in [-0.2, -0.15) is 0 Å². The molecule has 0 fully saturated rings. The molecule has 0 aliphatic carbocycles. The summed E-state index contributed by atoms with van der Waals surface area (Å²) in [5.74, 6) is -0.935. The number of carbonyl (C=O) groups is 1. The average Bonchev–Trinajstić information content (AvgIpc) is 2.32. The average molecular weight is 312 g/mol. The van der Waals surface area contributed by atoms with E-state index in [2.05, 4.69) is 23.1 Å². The number of hydrogen-bond donors (Lipinski definition) is 3. The molecule has 0 rings (SSSR count). The molecule has 0 saturated heterocycles. The van der Waals surface area contributed by atoms with E-state index in [1.165, 1.54) is 26.2 Å². The third-order valence-corrected chi connectivity index (χ3v) is 2.40. The molecule has 0 amide bonds. The van der Waals surface area contributed by atoms with Gasteiger partial charge in [-0.3, -0.25) is 0 Å². The van der Waals surface area contributed by atoms with Crippen LogP contribution < -0.4 is 0 Å². The van der Waals surface area contributed by atoms with Crippen molar-refractivity contribution >= 4 is 13.8 Å². The SMILES string of the molecule is C=C(C)C(=O)O.CCCCCCCCOOP(=O)(O)O. The zero-order valence-electron chi connectivity index (χ0n) is 12.1. The summed E-state index contributed by atoms with van der Waals surface area (Å²) < 4.78 is 14.0. The maximum atomic E-state index is 10.2. The monoisotopic (exact) mass is 312 g/mol. The minimum Gasteiger partial charge on any atom is -0.478 e. The van der Waals surface area contributed by atoms with Crippen LogP contribution in [-0.2, 0) is 18.9 Å². The van der Waals surface area contributed by atoms with Crippen molar-refractivity contribution in [3.8, 4) is 0 Å². The first-order valence-electron chi connectivity index (χ1n) is 6.46. The van der Waals surface area contributed by atoms with Crippen molar-refractivity contribution in [1.29, 1.82) is 0 Å². The topological polar surface area (TPSA) is 113 Å². The summed E-state index contributed by atoms with van der Waals surface area (Å²) in [5.41, 5.74) is 0.176. The highest BCUT2D eigenvalue weighted by molar-refractivity contribution is 7.46. The minimum absolute atomic E-state index is 0.176. The number of carboxylic acids is 1. The third kappa shape index (κ3) is 22.5. The Labute approximate surface area is 119 Å². The first-order chi connectivity index (χ1) is 9.20. The van der Waals surface area contributed by atoms with Gasteiger partial charge in [0.1, 0.15) is 0 Å². The molecule has 20 heavy (non-hydrogen) atoms. The van der Waals surface area contributed by atoms with Crippen LogP contribution >= 0.6 is 7.82 Å². The first kappa shape index (κ1) is 21.6. The van der Waals surface area contributed by atoms with E-state index in [0.717, 1.165) is 19.3 Å². The Morgan fingerprint density at radius 1 is 1.15 bits per heavy atom. The van der Waals surface area contributed by atoms with Crippen LogP contribution in [0.2, 0.25) is 0 Å². The molecule has 120 valence electrons. The zero-order chi connectivity index (χ0) is 16.0. The molecule has 0 aromatic heterocycles. The number of unbranched alkanes of at least 4 members (excludes halogenated alkanes) is 5. The standard InChI is InChI=1S/C8H19O5P.C4H6O2/c1-2-3-4-5-6-7-8-12-13-14(9,10)11;1-3(2)4(5)6/h2-8H2,1H3,(H2,9,10,11);1H2,2H3,(H,5,6). The smallest absolute Gasteiger partial charge is 0.478 e. The molecule has 0 heterocycles. The number of aliphatic carboxylic acids is 1. The van der Waals surface area contributed by atoms with Gasteiger partial charge in [0.05, 0.1) is 6.61 Å². The van der Waals surface area contributed by atoms with Gasteiger partial charge in [-0.05, 0) is 13.3 Å². The van der Waals surface area contributed by atoms with Gasteiger partial charge in [0, 0.05) is 5.57 Å². The molecule has 0 atom stereocenters. The van der Waals surface area contributed by atoms with E-state index in [9.17, 15) is 9.36 Å². The van der Waals surface area contributed by atoms with E-state index in [4.69, 9.17) is 14.9 Å². The molecule has 0 aliphatic heterocycles. The lowest BCUT2D eigenvalue weighted by Gasteiger charge is -2.04. The Morgan fingerprint density at radius 3 is 2.00 bits per heavy atom. The highest BCUT2D eigenvalue weighted by Gasteiger charge is 2.14. The van der Waals surface area contributed by atoms with Gasteiger partial charge in [0.2, 0.25) is 0 Å². The third-order valence-electron chi connectivity index (χ3n) is 2.10. The molecular weight excluding hydrogens is 287 g/mol. The summed E-state index contributed by atoms with van der Waals surface area (Å²) in [6.07, 6.45) is 6.55. The number of phosphoric acid groups is 1. The van der Waals surface area contributed by atoms with E-state index in [-0.39, 0.29) is 12.2 Å². The lowest BCUT2D eigenvalue weighted by atomic mass is 10.1. The molecular formula is C12H25O7P. The lowest BCUT2D eigenvalue weighted by Crippen LogP contribution is -1.95. The minimum atomic E-state index is -4.45. The van der Waals surface area contributed by atoms with E-state index < -0.39 is 13.8 Å². The Balaban J connectivity index is 0. The fourth-order valence-corrected chi connectivity index (χ4v) is 1.26. The van der Waals surface area contributed by atoms with E-state index >= 15 is 0 Å².